The third-order valence-electron chi connectivity index (χ3n) is 2.24. The van der Waals surface area contributed by atoms with Crippen molar-refractivity contribution < 1.29 is 14.6 Å². The molecule has 1 aromatic rings. The molecule has 0 aliphatic rings. The molecule has 0 aromatic heterocycles. The monoisotopic (exact) mass is 246 g/mol. The predicted octanol–water partition coefficient (Wildman–Crippen LogP) is 3.60. The number of carbonyl (C=O) groups excluding carboxylic acids is 1. The molecule has 18 heavy (non-hydrogen) atoms. The Hall–Kier alpha value is -2.03. The molecule has 0 spiro atoms. The lowest BCUT2D eigenvalue weighted by Crippen LogP contribution is -2.11. The lowest BCUT2D eigenvalue weighted by atomic mass is 10.1. The van der Waals surface area contributed by atoms with Gasteiger partial charge >= 0.3 is 5.97 Å². The Morgan fingerprint density at radius 1 is 1.11 bits per heavy atom. The molecule has 0 saturated carbocycles. The highest BCUT2D eigenvalue weighted by atomic mass is 16.5. The largest absolute Gasteiger partial charge is 0.508 e. The Kier molecular flexibility index (Phi) is 4.72. The molecule has 0 saturated heterocycles. The second kappa shape index (κ2) is 6.05. The first-order chi connectivity index (χ1) is 8.40. The van der Waals surface area contributed by atoms with Gasteiger partial charge in [0.25, 0.3) is 0 Å². The molecule has 0 fully saturated rings. The zero-order valence-electron chi connectivity index (χ0n) is 11.2. The summed E-state index contributed by atoms with van der Waals surface area (Å²) in [4.78, 5) is 12.0. The smallest absolute Gasteiger partial charge is 0.343 e. The van der Waals surface area contributed by atoms with Crippen LogP contribution in [-0.4, -0.2) is 11.1 Å². The van der Waals surface area contributed by atoms with Crippen LogP contribution >= 0.6 is 0 Å². The van der Waals surface area contributed by atoms with Crippen LogP contribution < -0.4 is 4.74 Å². The number of hydrogen-bond donors (Lipinski definition) is 1. The Morgan fingerprint density at radius 2 is 1.67 bits per heavy atom. The first-order valence-electron chi connectivity index (χ1n) is 5.73. The van der Waals surface area contributed by atoms with E-state index < -0.39 is 0 Å². The lowest BCUT2D eigenvalue weighted by Gasteiger charge is -2.07. The van der Waals surface area contributed by atoms with Crippen LogP contribution in [0.2, 0.25) is 0 Å². The second-order valence-electron chi connectivity index (χ2n) is 4.52. The van der Waals surface area contributed by atoms with Crippen LogP contribution in [0.15, 0.2) is 47.1 Å². The summed E-state index contributed by atoms with van der Waals surface area (Å²) >= 11 is 0. The quantitative estimate of drug-likeness (QED) is 0.383. The maximum atomic E-state index is 12.0. The van der Waals surface area contributed by atoms with Crippen molar-refractivity contribution in [3.8, 4) is 11.5 Å². The van der Waals surface area contributed by atoms with Gasteiger partial charge in [0.2, 0.25) is 0 Å². The van der Waals surface area contributed by atoms with Gasteiger partial charge in [0.1, 0.15) is 11.5 Å². The van der Waals surface area contributed by atoms with Crippen LogP contribution in [0.25, 0.3) is 0 Å². The molecule has 0 aliphatic carbocycles. The van der Waals surface area contributed by atoms with Crippen LogP contribution in [0, 0.1) is 0 Å². The van der Waals surface area contributed by atoms with Gasteiger partial charge in [-0.25, -0.2) is 4.79 Å². The van der Waals surface area contributed by atoms with Crippen molar-refractivity contribution in [1.29, 1.82) is 0 Å². The number of esters is 1. The molecule has 0 heterocycles. The van der Waals surface area contributed by atoms with E-state index in [4.69, 9.17) is 9.84 Å². The van der Waals surface area contributed by atoms with Gasteiger partial charge in [0, 0.05) is 0 Å². The molecule has 3 heteroatoms. The van der Waals surface area contributed by atoms with E-state index in [1.807, 2.05) is 27.7 Å². The first-order valence-corrected chi connectivity index (χ1v) is 5.73. The van der Waals surface area contributed by atoms with Crippen molar-refractivity contribution in [3.63, 3.8) is 0 Å². The summed E-state index contributed by atoms with van der Waals surface area (Å²) in [5.41, 5.74) is 2.50. The zero-order valence-corrected chi connectivity index (χ0v) is 11.2. The Balaban J connectivity index is 2.90. The highest BCUT2D eigenvalue weighted by molar-refractivity contribution is 5.94. The summed E-state index contributed by atoms with van der Waals surface area (Å²) in [6.07, 6.45) is 1.80. The van der Waals surface area contributed by atoms with Gasteiger partial charge in [-0.3, -0.25) is 0 Å². The molecule has 1 N–H and O–H groups in total. The fourth-order valence-electron chi connectivity index (χ4n) is 1.37. The molecular weight excluding hydrogens is 228 g/mol. The number of phenolic OH excluding ortho intramolecular Hbond substituents is 1. The van der Waals surface area contributed by atoms with E-state index in [1.165, 1.54) is 12.1 Å². The third kappa shape index (κ3) is 4.09. The number of benzene rings is 1. The molecule has 0 radical (unpaired) electrons. The number of ether oxygens (including phenoxy) is 1. The molecule has 96 valence electrons. The fraction of sp³-hybridized carbons (Fsp3) is 0.267. The Morgan fingerprint density at radius 3 is 2.11 bits per heavy atom. The second-order valence-corrected chi connectivity index (χ2v) is 4.52. The van der Waals surface area contributed by atoms with E-state index in [-0.39, 0.29) is 11.7 Å². The SMILES string of the molecule is CC(C)=CC(C(=O)Oc1ccc(O)cc1)=C(C)C. The highest BCUT2D eigenvalue weighted by Gasteiger charge is 2.11. The van der Waals surface area contributed by atoms with E-state index in [9.17, 15) is 4.79 Å². The maximum absolute atomic E-state index is 12.0. The molecule has 1 aromatic carbocycles. The van der Waals surface area contributed by atoms with Crippen LogP contribution in [0.1, 0.15) is 27.7 Å². The zero-order chi connectivity index (χ0) is 13.7. The standard InChI is InChI=1S/C15H18O3/c1-10(2)9-14(11(3)4)15(17)18-13-7-5-12(16)6-8-13/h5-9,16H,1-4H3. The number of aromatic hydroxyl groups is 1. The lowest BCUT2D eigenvalue weighted by molar-refractivity contribution is -0.129. The minimum atomic E-state index is -0.387. The molecule has 0 amide bonds. The first kappa shape index (κ1) is 14.0. The van der Waals surface area contributed by atoms with E-state index in [0.717, 1.165) is 11.1 Å². The van der Waals surface area contributed by atoms with Gasteiger partial charge in [0.15, 0.2) is 0 Å². The van der Waals surface area contributed by atoms with Crippen LogP contribution in [0.3, 0.4) is 0 Å². The number of allylic oxidation sites excluding steroid dienone is 2. The van der Waals surface area contributed by atoms with E-state index >= 15 is 0 Å². The average Bonchev–Trinajstić information content (AvgIpc) is 2.28. The van der Waals surface area contributed by atoms with Crippen LogP contribution in [-0.2, 0) is 4.79 Å². The molecule has 1 rings (SSSR count). The van der Waals surface area contributed by atoms with Crippen molar-refractivity contribution in [2.45, 2.75) is 27.7 Å². The molecule has 0 atom stereocenters. The predicted molar refractivity (Wildman–Crippen MR) is 71.5 cm³/mol. The summed E-state index contributed by atoms with van der Waals surface area (Å²) < 4.78 is 5.24. The van der Waals surface area contributed by atoms with Crippen molar-refractivity contribution in [2.24, 2.45) is 0 Å². The molecule has 3 nitrogen and oxygen atoms in total. The number of hydrogen-bond acceptors (Lipinski definition) is 3. The highest BCUT2D eigenvalue weighted by Crippen LogP contribution is 2.18. The number of rotatable bonds is 3. The van der Waals surface area contributed by atoms with Gasteiger partial charge in [0.05, 0.1) is 5.57 Å². The van der Waals surface area contributed by atoms with Crippen molar-refractivity contribution >= 4 is 5.97 Å². The minimum absolute atomic E-state index is 0.140. The van der Waals surface area contributed by atoms with Crippen LogP contribution in [0.4, 0.5) is 0 Å². The normalized spacial score (nSPS) is 9.56. The van der Waals surface area contributed by atoms with Gasteiger partial charge in [-0.05, 0) is 58.0 Å². The molecule has 0 bridgehead atoms. The summed E-state index contributed by atoms with van der Waals surface area (Å²) in [5, 5.41) is 9.15. The van der Waals surface area contributed by atoms with Crippen molar-refractivity contribution in [2.75, 3.05) is 0 Å². The summed E-state index contributed by atoms with van der Waals surface area (Å²) in [7, 11) is 0. The van der Waals surface area contributed by atoms with E-state index in [0.29, 0.717) is 11.3 Å². The third-order valence-corrected chi connectivity index (χ3v) is 2.24. The Labute approximate surface area is 107 Å². The Bertz CT molecular complexity index is 485. The average molecular weight is 246 g/mol. The van der Waals surface area contributed by atoms with Gasteiger partial charge in [-0.1, -0.05) is 11.1 Å². The summed E-state index contributed by atoms with van der Waals surface area (Å²) in [6, 6.07) is 6.06. The molecular formula is C15H18O3. The molecule has 0 unspecified atom stereocenters. The number of carbonyl (C=O) groups is 1. The molecule has 0 aliphatic heterocycles. The fourth-order valence-corrected chi connectivity index (χ4v) is 1.37. The van der Waals surface area contributed by atoms with Crippen LogP contribution in [0.5, 0.6) is 11.5 Å². The topological polar surface area (TPSA) is 46.5 Å². The van der Waals surface area contributed by atoms with Gasteiger partial charge in [-0.15, -0.1) is 0 Å². The maximum Gasteiger partial charge on any atom is 0.343 e. The van der Waals surface area contributed by atoms with Crippen molar-refractivity contribution in [3.05, 3.63) is 47.1 Å². The summed E-state index contributed by atoms with van der Waals surface area (Å²) in [5.74, 6) is 0.169. The van der Waals surface area contributed by atoms with E-state index in [2.05, 4.69) is 0 Å². The van der Waals surface area contributed by atoms with E-state index in [1.54, 1.807) is 18.2 Å². The van der Waals surface area contributed by atoms with Gasteiger partial charge in [-0.2, -0.15) is 0 Å². The minimum Gasteiger partial charge on any atom is -0.508 e. The summed E-state index contributed by atoms with van der Waals surface area (Å²) in [6.45, 7) is 7.59. The number of phenols is 1. The van der Waals surface area contributed by atoms with Crippen molar-refractivity contribution in [1.82, 2.24) is 0 Å². The van der Waals surface area contributed by atoms with Gasteiger partial charge < -0.3 is 9.84 Å².